The highest BCUT2D eigenvalue weighted by atomic mass is 16.2. The van der Waals surface area contributed by atoms with Crippen LogP contribution in [0.1, 0.15) is 32.8 Å². The van der Waals surface area contributed by atoms with Crippen molar-refractivity contribution >= 4 is 29.7 Å². The SMILES string of the molecule is CC(C)C[C@@H]1NC(=O)[C@H](C)N(C)C(=O)CNC(=O)C(=Cc2ccccc2)N(C)C1=O. The predicted molar refractivity (Wildman–Crippen MR) is 114 cm³/mol. The number of benzene rings is 1. The first-order chi connectivity index (χ1) is 14.1. The van der Waals surface area contributed by atoms with Crippen LogP contribution in [0.5, 0.6) is 0 Å². The molecule has 4 amide bonds. The molecule has 1 aliphatic rings. The molecule has 1 fully saturated rings. The third-order valence-corrected chi connectivity index (χ3v) is 5.10. The maximum absolute atomic E-state index is 13.3. The minimum absolute atomic E-state index is 0.0956. The van der Waals surface area contributed by atoms with Crippen molar-refractivity contribution in [3.63, 3.8) is 0 Å². The lowest BCUT2D eigenvalue weighted by molar-refractivity contribution is -0.142. The second kappa shape index (κ2) is 10.0. The van der Waals surface area contributed by atoms with E-state index in [9.17, 15) is 19.2 Å². The lowest BCUT2D eigenvalue weighted by atomic mass is 10.0. The van der Waals surface area contributed by atoms with E-state index in [0.717, 1.165) is 5.56 Å². The van der Waals surface area contributed by atoms with Gasteiger partial charge in [0.15, 0.2) is 0 Å². The minimum Gasteiger partial charge on any atom is -0.342 e. The van der Waals surface area contributed by atoms with Gasteiger partial charge in [0.05, 0.1) is 6.54 Å². The van der Waals surface area contributed by atoms with Gasteiger partial charge in [0.25, 0.3) is 5.91 Å². The molecule has 0 radical (unpaired) electrons. The van der Waals surface area contributed by atoms with Crippen LogP contribution in [0.3, 0.4) is 0 Å². The largest absolute Gasteiger partial charge is 0.342 e. The molecule has 1 saturated heterocycles. The molecule has 2 atom stereocenters. The summed E-state index contributed by atoms with van der Waals surface area (Å²) in [6, 6.07) is 7.51. The Hall–Kier alpha value is -3.16. The number of rotatable bonds is 3. The van der Waals surface area contributed by atoms with Crippen LogP contribution in [0, 0.1) is 5.92 Å². The van der Waals surface area contributed by atoms with E-state index in [1.54, 1.807) is 13.0 Å². The summed E-state index contributed by atoms with van der Waals surface area (Å²) >= 11 is 0. The zero-order chi connectivity index (χ0) is 22.4. The third-order valence-electron chi connectivity index (χ3n) is 5.10. The molecular formula is C22H30N4O4. The first-order valence-electron chi connectivity index (χ1n) is 10.00. The molecule has 2 rings (SSSR count). The highest BCUT2D eigenvalue weighted by molar-refractivity contribution is 6.04. The Labute approximate surface area is 177 Å². The van der Waals surface area contributed by atoms with Crippen molar-refractivity contribution in [2.45, 2.75) is 39.3 Å². The van der Waals surface area contributed by atoms with Crippen molar-refractivity contribution in [1.29, 1.82) is 0 Å². The monoisotopic (exact) mass is 414 g/mol. The van der Waals surface area contributed by atoms with Gasteiger partial charge < -0.3 is 20.4 Å². The van der Waals surface area contributed by atoms with Gasteiger partial charge in [-0.25, -0.2) is 0 Å². The van der Waals surface area contributed by atoms with E-state index in [0.29, 0.717) is 6.42 Å². The first-order valence-corrected chi connectivity index (χ1v) is 10.00. The Kier molecular flexibility index (Phi) is 7.74. The van der Waals surface area contributed by atoms with Gasteiger partial charge in [-0.15, -0.1) is 0 Å². The van der Waals surface area contributed by atoms with E-state index in [4.69, 9.17) is 0 Å². The summed E-state index contributed by atoms with van der Waals surface area (Å²) in [5.74, 6) is -1.63. The van der Waals surface area contributed by atoms with Gasteiger partial charge in [0.2, 0.25) is 17.7 Å². The summed E-state index contributed by atoms with van der Waals surface area (Å²) in [4.78, 5) is 53.8. The number of carbonyl (C=O) groups excluding carboxylic acids is 4. The van der Waals surface area contributed by atoms with Crippen LogP contribution >= 0.6 is 0 Å². The zero-order valence-corrected chi connectivity index (χ0v) is 18.1. The van der Waals surface area contributed by atoms with Gasteiger partial charge in [0, 0.05) is 14.1 Å². The molecule has 0 aromatic heterocycles. The Balaban J connectivity index is 2.49. The van der Waals surface area contributed by atoms with Gasteiger partial charge in [-0.2, -0.15) is 0 Å². The number of nitrogens with zero attached hydrogens (tertiary/aromatic N) is 2. The maximum atomic E-state index is 13.3. The van der Waals surface area contributed by atoms with Crippen molar-refractivity contribution in [1.82, 2.24) is 20.4 Å². The molecule has 1 aliphatic heterocycles. The predicted octanol–water partition coefficient (Wildman–Crippen LogP) is 0.994. The highest BCUT2D eigenvalue weighted by Gasteiger charge is 2.32. The molecule has 30 heavy (non-hydrogen) atoms. The fraction of sp³-hybridized carbons (Fsp3) is 0.455. The summed E-state index contributed by atoms with van der Waals surface area (Å²) in [5, 5.41) is 5.33. The highest BCUT2D eigenvalue weighted by Crippen LogP contribution is 2.15. The zero-order valence-electron chi connectivity index (χ0n) is 18.1. The number of nitrogens with one attached hydrogen (secondary N) is 2. The van der Waals surface area contributed by atoms with E-state index in [1.165, 1.54) is 23.9 Å². The molecule has 1 aromatic carbocycles. The second-order valence-electron chi connectivity index (χ2n) is 7.89. The van der Waals surface area contributed by atoms with Crippen LogP contribution in [0.4, 0.5) is 0 Å². The molecule has 0 saturated carbocycles. The van der Waals surface area contributed by atoms with Crippen LogP contribution in [0.25, 0.3) is 6.08 Å². The fourth-order valence-corrected chi connectivity index (χ4v) is 3.12. The van der Waals surface area contributed by atoms with Gasteiger partial charge in [-0.05, 0) is 30.9 Å². The summed E-state index contributed by atoms with van der Waals surface area (Å²) < 4.78 is 0. The molecular weight excluding hydrogens is 384 g/mol. The van der Waals surface area contributed by atoms with E-state index in [2.05, 4.69) is 10.6 Å². The van der Waals surface area contributed by atoms with E-state index >= 15 is 0 Å². The van der Waals surface area contributed by atoms with Crippen molar-refractivity contribution in [3.8, 4) is 0 Å². The molecule has 2 N–H and O–H groups in total. The van der Waals surface area contributed by atoms with E-state index in [-0.39, 0.29) is 18.2 Å². The Morgan fingerprint density at radius 2 is 1.73 bits per heavy atom. The van der Waals surface area contributed by atoms with Gasteiger partial charge in [-0.1, -0.05) is 44.2 Å². The molecule has 1 heterocycles. The molecule has 0 aliphatic carbocycles. The number of carbonyl (C=O) groups is 4. The maximum Gasteiger partial charge on any atom is 0.268 e. The average Bonchev–Trinajstić information content (AvgIpc) is 2.72. The van der Waals surface area contributed by atoms with Crippen molar-refractivity contribution in [3.05, 3.63) is 41.6 Å². The normalized spacial score (nSPS) is 23.2. The summed E-state index contributed by atoms with van der Waals surface area (Å²) in [7, 11) is 3.00. The van der Waals surface area contributed by atoms with E-state index in [1.807, 2.05) is 44.2 Å². The number of hydrogen-bond acceptors (Lipinski definition) is 4. The minimum atomic E-state index is -0.820. The van der Waals surface area contributed by atoms with Crippen LogP contribution < -0.4 is 10.6 Å². The number of amides is 4. The molecule has 0 unspecified atom stereocenters. The average molecular weight is 415 g/mol. The fourth-order valence-electron chi connectivity index (χ4n) is 3.12. The van der Waals surface area contributed by atoms with Crippen LogP contribution in [-0.2, 0) is 19.2 Å². The number of likely N-dealkylation sites (N-methyl/N-ethyl adjacent to an activating group) is 2. The third kappa shape index (κ3) is 5.68. The lowest BCUT2D eigenvalue weighted by Gasteiger charge is -2.31. The number of hydrogen-bond donors (Lipinski definition) is 2. The quantitative estimate of drug-likeness (QED) is 0.721. The first kappa shape index (κ1) is 23.1. The van der Waals surface area contributed by atoms with Crippen molar-refractivity contribution in [2.75, 3.05) is 20.6 Å². The van der Waals surface area contributed by atoms with E-state index < -0.39 is 35.7 Å². The summed E-state index contributed by atoms with van der Waals surface area (Å²) in [6.45, 7) is 5.20. The van der Waals surface area contributed by atoms with Crippen LogP contribution in [0.15, 0.2) is 36.0 Å². The van der Waals surface area contributed by atoms with Gasteiger partial charge >= 0.3 is 0 Å². The van der Waals surface area contributed by atoms with Crippen LogP contribution in [-0.4, -0.2) is 66.2 Å². The van der Waals surface area contributed by atoms with Gasteiger partial charge in [0.1, 0.15) is 17.8 Å². The Bertz CT molecular complexity index is 835. The molecule has 162 valence electrons. The molecule has 0 spiro atoms. The Morgan fingerprint density at radius 1 is 1.10 bits per heavy atom. The van der Waals surface area contributed by atoms with Crippen molar-refractivity contribution in [2.24, 2.45) is 5.92 Å². The smallest absolute Gasteiger partial charge is 0.268 e. The van der Waals surface area contributed by atoms with Crippen molar-refractivity contribution < 1.29 is 19.2 Å². The van der Waals surface area contributed by atoms with Crippen LogP contribution in [0.2, 0.25) is 0 Å². The standard InChI is InChI=1S/C22H30N4O4/c1-14(2)11-17-22(30)26(5)18(12-16-9-7-6-8-10-16)21(29)23-13-19(27)25(4)15(3)20(28)24-17/h6-10,12,14-15,17H,11,13H2,1-5H3,(H,23,29)(H,24,28)/t15-,17-/m0/s1. The topological polar surface area (TPSA) is 98.8 Å². The summed E-state index contributed by atoms with van der Waals surface area (Å²) in [6.07, 6.45) is 1.99. The molecule has 0 bridgehead atoms. The molecule has 1 aromatic rings. The van der Waals surface area contributed by atoms with Gasteiger partial charge in [-0.3, -0.25) is 19.2 Å². The molecule has 8 heteroatoms. The second-order valence-corrected chi connectivity index (χ2v) is 7.89. The molecule has 8 nitrogen and oxygen atoms in total. The Morgan fingerprint density at radius 3 is 2.33 bits per heavy atom. The summed E-state index contributed by atoms with van der Waals surface area (Å²) in [5.41, 5.74) is 0.828. The lowest BCUT2D eigenvalue weighted by Crippen LogP contribution is -2.56.